The molecule has 2 heteroatoms. The summed E-state index contributed by atoms with van der Waals surface area (Å²) in [6.07, 6.45) is 1.79. The molecule has 2 aromatic carbocycles. The maximum Gasteiger partial charge on any atom is 0.130 e. The van der Waals surface area contributed by atoms with E-state index in [1.165, 1.54) is 11.1 Å². The Kier molecular flexibility index (Phi) is 3.15. The number of benzene rings is 2. The van der Waals surface area contributed by atoms with Crippen LogP contribution >= 0.6 is 0 Å². The number of aryl methyl sites for hydroxylation is 1. The molecule has 0 aliphatic carbocycles. The van der Waals surface area contributed by atoms with Crippen molar-refractivity contribution in [3.8, 4) is 5.75 Å². The first kappa shape index (κ1) is 11.7. The van der Waals surface area contributed by atoms with Gasteiger partial charge in [0.1, 0.15) is 12.4 Å². The van der Waals surface area contributed by atoms with Gasteiger partial charge in [0.25, 0.3) is 0 Å². The Morgan fingerprint density at radius 1 is 0.947 bits per heavy atom. The van der Waals surface area contributed by atoms with E-state index in [1.54, 1.807) is 6.20 Å². The number of rotatable bonds is 3. The van der Waals surface area contributed by atoms with Gasteiger partial charge in [-0.15, -0.1) is 0 Å². The lowest BCUT2D eigenvalue weighted by atomic mass is 10.1. The number of aromatic nitrogens is 1. The van der Waals surface area contributed by atoms with Crippen LogP contribution in [0.1, 0.15) is 11.1 Å². The van der Waals surface area contributed by atoms with Gasteiger partial charge >= 0.3 is 0 Å². The van der Waals surface area contributed by atoms with Crippen LogP contribution < -0.4 is 4.74 Å². The molecule has 1 heterocycles. The highest BCUT2D eigenvalue weighted by Gasteiger charge is 2.03. The largest absolute Gasteiger partial charge is 0.488 e. The minimum Gasteiger partial charge on any atom is -0.488 e. The van der Waals surface area contributed by atoms with Crippen molar-refractivity contribution in [2.45, 2.75) is 13.5 Å². The van der Waals surface area contributed by atoms with E-state index >= 15 is 0 Å². The lowest BCUT2D eigenvalue weighted by Gasteiger charge is -2.10. The summed E-state index contributed by atoms with van der Waals surface area (Å²) in [5.74, 6) is 0.883. The van der Waals surface area contributed by atoms with Crippen molar-refractivity contribution in [1.82, 2.24) is 4.98 Å². The molecule has 3 aromatic rings. The number of pyridine rings is 1. The first-order valence-electron chi connectivity index (χ1n) is 6.35. The molecule has 0 aliphatic rings. The van der Waals surface area contributed by atoms with Gasteiger partial charge in [0.05, 0.1) is 5.52 Å². The van der Waals surface area contributed by atoms with Crippen LogP contribution in [-0.2, 0) is 6.61 Å². The van der Waals surface area contributed by atoms with E-state index in [9.17, 15) is 0 Å². The minimum absolute atomic E-state index is 0.584. The van der Waals surface area contributed by atoms with E-state index in [1.807, 2.05) is 42.5 Å². The summed E-state index contributed by atoms with van der Waals surface area (Å²) >= 11 is 0. The van der Waals surface area contributed by atoms with Crippen LogP contribution in [-0.4, -0.2) is 4.98 Å². The minimum atomic E-state index is 0.584. The molecule has 94 valence electrons. The maximum atomic E-state index is 5.95. The SMILES string of the molecule is Cc1ccccc1COc1ccnc2ccccc12. The van der Waals surface area contributed by atoms with Gasteiger partial charge in [-0.2, -0.15) is 0 Å². The molecule has 0 aliphatic heterocycles. The molecule has 0 spiro atoms. The highest BCUT2D eigenvalue weighted by Crippen LogP contribution is 2.24. The Bertz CT molecular complexity index is 701. The van der Waals surface area contributed by atoms with Crippen LogP contribution in [0.2, 0.25) is 0 Å². The van der Waals surface area contributed by atoms with Crippen molar-refractivity contribution in [2.24, 2.45) is 0 Å². The Hall–Kier alpha value is -2.35. The molecule has 0 radical (unpaired) electrons. The van der Waals surface area contributed by atoms with E-state index in [-0.39, 0.29) is 0 Å². The first-order valence-corrected chi connectivity index (χ1v) is 6.35. The van der Waals surface area contributed by atoms with Gasteiger partial charge in [-0.05, 0) is 36.2 Å². The van der Waals surface area contributed by atoms with Crippen LogP contribution in [0.4, 0.5) is 0 Å². The average molecular weight is 249 g/mol. The summed E-state index contributed by atoms with van der Waals surface area (Å²) in [5.41, 5.74) is 3.43. The van der Waals surface area contributed by atoms with Crippen molar-refractivity contribution in [1.29, 1.82) is 0 Å². The van der Waals surface area contributed by atoms with E-state index in [0.717, 1.165) is 16.7 Å². The third-order valence-electron chi connectivity index (χ3n) is 3.25. The number of nitrogens with zero attached hydrogens (tertiary/aromatic N) is 1. The maximum absolute atomic E-state index is 5.95. The second-order valence-corrected chi connectivity index (χ2v) is 4.54. The first-order chi connectivity index (χ1) is 9.34. The third-order valence-corrected chi connectivity index (χ3v) is 3.25. The van der Waals surface area contributed by atoms with Crippen molar-refractivity contribution in [3.63, 3.8) is 0 Å². The van der Waals surface area contributed by atoms with Crippen molar-refractivity contribution < 1.29 is 4.74 Å². The second kappa shape index (κ2) is 5.11. The lowest BCUT2D eigenvalue weighted by Crippen LogP contribution is -1.98. The quantitative estimate of drug-likeness (QED) is 0.696. The number of fused-ring (bicyclic) bond motifs is 1. The Morgan fingerprint density at radius 3 is 2.63 bits per heavy atom. The van der Waals surface area contributed by atoms with Crippen molar-refractivity contribution >= 4 is 10.9 Å². The van der Waals surface area contributed by atoms with Crippen molar-refractivity contribution in [3.05, 3.63) is 71.9 Å². The lowest BCUT2D eigenvalue weighted by molar-refractivity contribution is 0.309. The molecular weight excluding hydrogens is 234 g/mol. The molecule has 0 amide bonds. The number of hydrogen-bond donors (Lipinski definition) is 0. The van der Waals surface area contributed by atoms with Gasteiger partial charge in [-0.25, -0.2) is 0 Å². The van der Waals surface area contributed by atoms with E-state index in [2.05, 4.69) is 24.0 Å². The van der Waals surface area contributed by atoms with E-state index in [4.69, 9.17) is 4.74 Å². The predicted octanol–water partition coefficient (Wildman–Crippen LogP) is 4.12. The molecule has 0 saturated heterocycles. The normalized spacial score (nSPS) is 10.6. The average Bonchev–Trinajstić information content (AvgIpc) is 2.46. The topological polar surface area (TPSA) is 22.1 Å². The van der Waals surface area contributed by atoms with Gasteiger partial charge in [0.2, 0.25) is 0 Å². The van der Waals surface area contributed by atoms with Crippen LogP contribution in [0.5, 0.6) is 5.75 Å². The summed E-state index contributed by atoms with van der Waals surface area (Å²) < 4.78 is 5.95. The number of hydrogen-bond acceptors (Lipinski definition) is 2. The fraction of sp³-hybridized carbons (Fsp3) is 0.118. The van der Waals surface area contributed by atoms with E-state index < -0.39 is 0 Å². The fourth-order valence-corrected chi connectivity index (χ4v) is 2.12. The molecule has 3 rings (SSSR count). The zero-order valence-electron chi connectivity index (χ0n) is 10.8. The predicted molar refractivity (Wildman–Crippen MR) is 77.3 cm³/mol. The number of para-hydroxylation sites is 1. The Morgan fingerprint density at radius 2 is 1.74 bits per heavy atom. The molecule has 19 heavy (non-hydrogen) atoms. The zero-order valence-corrected chi connectivity index (χ0v) is 10.8. The highest BCUT2D eigenvalue weighted by molar-refractivity contribution is 5.84. The van der Waals surface area contributed by atoms with Crippen molar-refractivity contribution in [2.75, 3.05) is 0 Å². The zero-order chi connectivity index (χ0) is 13.1. The summed E-state index contributed by atoms with van der Waals surface area (Å²) in [7, 11) is 0. The monoisotopic (exact) mass is 249 g/mol. The number of ether oxygens (including phenoxy) is 1. The van der Waals surface area contributed by atoms with Crippen LogP contribution in [0.25, 0.3) is 10.9 Å². The summed E-state index contributed by atoms with van der Waals surface area (Å²) in [6.45, 7) is 2.68. The molecule has 0 saturated carbocycles. The second-order valence-electron chi connectivity index (χ2n) is 4.54. The van der Waals surface area contributed by atoms with Gasteiger partial charge in [0, 0.05) is 11.6 Å². The van der Waals surface area contributed by atoms with Crippen LogP contribution in [0.3, 0.4) is 0 Å². The molecule has 0 atom stereocenters. The summed E-state index contributed by atoms with van der Waals surface area (Å²) in [6, 6.07) is 18.2. The highest BCUT2D eigenvalue weighted by atomic mass is 16.5. The Labute approximate surface area is 112 Å². The molecule has 0 unspecified atom stereocenters. The molecular formula is C17H15NO. The van der Waals surface area contributed by atoms with Crippen LogP contribution in [0.15, 0.2) is 60.8 Å². The standard InChI is InChI=1S/C17H15NO/c1-13-6-2-3-7-14(13)12-19-17-10-11-18-16-9-5-4-8-15(16)17/h2-11H,12H2,1H3. The van der Waals surface area contributed by atoms with E-state index in [0.29, 0.717) is 6.61 Å². The molecule has 0 fully saturated rings. The molecule has 0 N–H and O–H groups in total. The Balaban J connectivity index is 1.88. The molecule has 2 nitrogen and oxygen atoms in total. The van der Waals surface area contributed by atoms with Gasteiger partial charge < -0.3 is 4.74 Å². The fourth-order valence-electron chi connectivity index (χ4n) is 2.12. The smallest absolute Gasteiger partial charge is 0.130 e. The molecule has 0 bridgehead atoms. The van der Waals surface area contributed by atoms with Crippen LogP contribution in [0, 0.1) is 6.92 Å². The van der Waals surface area contributed by atoms with Gasteiger partial charge in [-0.3, -0.25) is 4.98 Å². The van der Waals surface area contributed by atoms with Gasteiger partial charge in [-0.1, -0.05) is 36.4 Å². The molecule has 1 aromatic heterocycles. The summed E-state index contributed by atoms with van der Waals surface area (Å²) in [4.78, 5) is 4.33. The third kappa shape index (κ3) is 2.43. The summed E-state index contributed by atoms with van der Waals surface area (Å²) in [5, 5.41) is 1.05. The van der Waals surface area contributed by atoms with Gasteiger partial charge in [0.15, 0.2) is 0 Å².